The van der Waals surface area contributed by atoms with Crippen molar-refractivity contribution >= 4 is 23.3 Å². The average Bonchev–Trinajstić information content (AvgIpc) is 3.27. The van der Waals surface area contributed by atoms with Crippen LogP contribution in [0.25, 0.3) is 0 Å². The lowest BCUT2D eigenvalue weighted by Gasteiger charge is -2.25. The van der Waals surface area contributed by atoms with Crippen LogP contribution in [0, 0.1) is 0 Å². The molecule has 0 bridgehead atoms. The van der Waals surface area contributed by atoms with Gasteiger partial charge in [0.2, 0.25) is 0 Å². The van der Waals surface area contributed by atoms with Gasteiger partial charge in [-0.15, -0.1) is 0 Å². The molecule has 1 atom stereocenters. The van der Waals surface area contributed by atoms with Crippen molar-refractivity contribution in [3.63, 3.8) is 0 Å². The Morgan fingerprint density at radius 1 is 0.906 bits per heavy atom. The number of carbonyl (C=O) groups is 2. The third-order valence-electron chi connectivity index (χ3n) is 5.45. The predicted molar refractivity (Wildman–Crippen MR) is 123 cm³/mol. The fourth-order valence-corrected chi connectivity index (χ4v) is 3.87. The minimum atomic E-state index is -0.831. The van der Waals surface area contributed by atoms with E-state index in [0.29, 0.717) is 29.3 Å². The van der Waals surface area contributed by atoms with E-state index in [1.807, 2.05) is 54.6 Å². The maximum atomic E-state index is 13.5. The number of benzene rings is 3. The topological polar surface area (TPSA) is 79.9 Å². The summed E-state index contributed by atoms with van der Waals surface area (Å²) in [5.41, 5.74) is 3.25. The summed E-state index contributed by atoms with van der Waals surface area (Å²) in [5, 5.41) is 5.62. The predicted octanol–water partition coefficient (Wildman–Crippen LogP) is 4.16. The molecule has 1 heterocycles. The molecule has 1 aliphatic heterocycles. The van der Waals surface area contributed by atoms with Crippen LogP contribution in [0.15, 0.2) is 72.8 Å². The molecule has 1 aliphatic rings. The summed E-state index contributed by atoms with van der Waals surface area (Å²) < 4.78 is 10.5. The first-order valence-electron chi connectivity index (χ1n) is 10.3. The number of fused-ring (bicyclic) bond motifs is 1. The van der Waals surface area contributed by atoms with Crippen LogP contribution in [-0.4, -0.2) is 32.7 Å². The van der Waals surface area contributed by atoms with Gasteiger partial charge >= 0.3 is 6.03 Å². The van der Waals surface area contributed by atoms with E-state index in [1.54, 1.807) is 30.2 Å². The Hall–Kier alpha value is -4.00. The summed E-state index contributed by atoms with van der Waals surface area (Å²) in [6.45, 7) is 0.584. The first-order chi connectivity index (χ1) is 15.6. The number of urea groups is 1. The Labute approximate surface area is 187 Å². The van der Waals surface area contributed by atoms with Gasteiger partial charge in [-0.1, -0.05) is 48.5 Å². The van der Waals surface area contributed by atoms with Crippen LogP contribution < -0.4 is 25.0 Å². The quantitative estimate of drug-likeness (QED) is 0.614. The van der Waals surface area contributed by atoms with Gasteiger partial charge in [-0.3, -0.25) is 4.79 Å². The van der Waals surface area contributed by atoms with Crippen LogP contribution in [0.3, 0.4) is 0 Å². The Morgan fingerprint density at radius 2 is 1.62 bits per heavy atom. The highest BCUT2D eigenvalue weighted by Gasteiger charge is 2.32. The SMILES string of the molecule is COc1ccc(NC(=O)NC(C(=O)N2CCc3ccccc32)c2ccccc2)cc1OC. The van der Waals surface area contributed by atoms with Gasteiger partial charge in [0.25, 0.3) is 5.91 Å². The van der Waals surface area contributed by atoms with Crippen LogP contribution in [0.1, 0.15) is 17.2 Å². The van der Waals surface area contributed by atoms with Crippen molar-refractivity contribution in [2.75, 3.05) is 31.0 Å². The standard InChI is InChI=1S/C25H25N3O4/c1-31-21-13-12-19(16-22(21)32-2)26-25(30)27-23(18-9-4-3-5-10-18)24(29)28-15-14-17-8-6-7-11-20(17)28/h3-13,16,23H,14-15H2,1-2H3,(H2,26,27,30). The minimum absolute atomic E-state index is 0.177. The van der Waals surface area contributed by atoms with E-state index >= 15 is 0 Å². The lowest BCUT2D eigenvalue weighted by Crippen LogP contribution is -2.43. The zero-order valence-corrected chi connectivity index (χ0v) is 18.0. The zero-order valence-electron chi connectivity index (χ0n) is 18.0. The Balaban J connectivity index is 1.56. The number of anilines is 2. The van der Waals surface area contributed by atoms with Crippen LogP contribution in [0.2, 0.25) is 0 Å². The highest BCUT2D eigenvalue weighted by atomic mass is 16.5. The third-order valence-corrected chi connectivity index (χ3v) is 5.45. The first kappa shape index (κ1) is 21.2. The van der Waals surface area contributed by atoms with Crippen molar-refractivity contribution in [3.8, 4) is 11.5 Å². The van der Waals surface area contributed by atoms with Gasteiger partial charge in [-0.05, 0) is 35.7 Å². The number of para-hydroxylation sites is 1. The number of ether oxygens (including phenoxy) is 2. The van der Waals surface area contributed by atoms with Gasteiger partial charge in [0, 0.05) is 24.0 Å². The fourth-order valence-electron chi connectivity index (χ4n) is 3.87. The van der Waals surface area contributed by atoms with Crippen molar-refractivity contribution in [2.45, 2.75) is 12.5 Å². The van der Waals surface area contributed by atoms with Crippen molar-refractivity contribution < 1.29 is 19.1 Å². The van der Waals surface area contributed by atoms with E-state index < -0.39 is 12.1 Å². The van der Waals surface area contributed by atoms with Crippen molar-refractivity contribution in [1.82, 2.24) is 5.32 Å². The molecule has 7 heteroatoms. The van der Waals surface area contributed by atoms with Gasteiger partial charge in [-0.2, -0.15) is 0 Å². The zero-order chi connectivity index (χ0) is 22.5. The molecular formula is C25H25N3O4. The molecule has 4 rings (SSSR count). The highest BCUT2D eigenvalue weighted by Crippen LogP contribution is 2.31. The molecule has 0 saturated carbocycles. The van der Waals surface area contributed by atoms with E-state index in [2.05, 4.69) is 10.6 Å². The molecule has 2 N–H and O–H groups in total. The van der Waals surface area contributed by atoms with Crippen molar-refractivity contribution in [1.29, 1.82) is 0 Å². The normalized spacial score (nSPS) is 13.1. The summed E-state index contributed by atoms with van der Waals surface area (Å²) in [6, 6.07) is 20.8. The molecule has 32 heavy (non-hydrogen) atoms. The number of methoxy groups -OCH3 is 2. The van der Waals surface area contributed by atoms with Gasteiger partial charge in [0.1, 0.15) is 6.04 Å². The van der Waals surface area contributed by atoms with Crippen LogP contribution in [0.4, 0.5) is 16.2 Å². The second kappa shape index (κ2) is 9.43. The summed E-state index contributed by atoms with van der Waals surface area (Å²) in [5.74, 6) is 0.877. The molecule has 0 aromatic heterocycles. The van der Waals surface area contributed by atoms with E-state index in [0.717, 1.165) is 17.7 Å². The number of hydrogen-bond acceptors (Lipinski definition) is 4. The van der Waals surface area contributed by atoms with E-state index in [9.17, 15) is 9.59 Å². The maximum absolute atomic E-state index is 13.5. The summed E-state index contributed by atoms with van der Waals surface area (Å²) in [6.07, 6.45) is 0.793. The first-order valence-corrected chi connectivity index (χ1v) is 10.3. The Kier molecular flexibility index (Phi) is 6.26. The van der Waals surface area contributed by atoms with E-state index in [4.69, 9.17) is 9.47 Å². The summed E-state index contributed by atoms with van der Waals surface area (Å²) >= 11 is 0. The number of rotatable bonds is 6. The minimum Gasteiger partial charge on any atom is -0.493 e. The second-order valence-electron chi connectivity index (χ2n) is 7.38. The molecule has 3 aromatic carbocycles. The molecule has 0 spiro atoms. The summed E-state index contributed by atoms with van der Waals surface area (Å²) in [4.78, 5) is 28.1. The molecule has 0 fully saturated rings. The molecule has 3 aromatic rings. The monoisotopic (exact) mass is 431 g/mol. The number of nitrogens with zero attached hydrogens (tertiary/aromatic N) is 1. The van der Waals surface area contributed by atoms with Gasteiger partial charge < -0.3 is 25.0 Å². The molecule has 3 amide bonds. The molecule has 0 radical (unpaired) electrons. The second-order valence-corrected chi connectivity index (χ2v) is 7.38. The highest BCUT2D eigenvalue weighted by molar-refractivity contribution is 6.02. The van der Waals surface area contributed by atoms with Crippen LogP contribution in [0.5, 0.6) is 11.5 Å². The summed E-state index contributed by atoms with van der Waals surface area (Å²) in [7, 11) is 3.07. The molecule has 0 aliphatic carbocycles. The van der Waals surface area contributed by atoms with E-state index in [-0.39, 0.29) is 5.91 Å². The lowest BCUT2D eigenvalue weighted by molar-refractivity contribution is -0.120. The number of amides is 3. The van der Waals surface area contributed by atoms with Gasteiger partial charge in [0.15, 0.2) is 11.5 Å². The van der Waals surface area contributed by atoms with Gasteiger partial charge in [-0.25, -0.2) is 4.79 Å². The smallest absolute Gasteiger partial charge is 0.320 e. The Bertz CT molecular complexity index is 1120. The Morgan fingerprint density at radius 3 is 2.38 bits per heavy atom. The largest absolute Gasteiger partial charge is 0.493 e. The van der Waals surface area contributed by atoms with E-state index in [1.165, 1.54) is 7.11 Å². The molecular weight excluding hydrogens is 406 g/mol. The number of hydrogen-bond donors (Lipinski definition) is 2. The number of nitrogens with one attached hydrogen (secondary N) is 2. The number of carbonyl (C=O) groups excluding carboxylic acids is 2. The maximum Gasteiger partial charge on any atom is 0.320 e. The van der Waals surface area contributed by atoms with Gasteiger partial charge in [0.05, 0.1) is 14.2 Å². The molecule has 0 saturated heterocycles. The van der Waals surface area contributed by atoms with Crippen LogP contribution >= 0.6 is 0 Å². The van der Waals surface area contributed by atoms with Crippen molar-refractivity contribution in [3.05, 3.63) is 83.9 Å². The molecule has 7 nitrogen and oxygen atoms in total. The fraction of sp³-hybridized carbons (Fsp3) is 0.200. The lowest BCUT2D eigenvalue weighted by atomic mass is 10.1. The molecule has 1 unspecified atom stereocenters. The van der Waals surface area contributed by atoms with Crippen LogP contribution in [-0.2, 0) is 11.2 Å². The van der Waals surface area contributed by atoms with Crippen molar-refractivity contribution in [2.24, 2.45) is 0 Å². The molecule has 164 valence electrons. The third kappa shape index (κ3) is 4.37. The average molecular weight is 431 g/mol.